The van der Waals surface area contributed by atoms with Crippen LogP contribution in [0.25, 0.3) is 5.69 Å². The number of nitrogens with zero attached hydrogens (tertiary/aromatic N) is 3. The number of rotatable bonds is 7. The van der Waals surface area contributed by atoms with Crippen LogP contribution in [0.2, 0.25) is 0 Å². The monoisotopic (exact) mass is 536 g/mol. The van der Waals surface area contributed by atoms with Crippen molar-refractivity contribution in [2.75, 3.05) is 5.75 Å². The van der Waals surface area contributed by atoms with Crippen LogP contribution in [-0.2, 0) is 11.3 Å². The van der Waals surface area contributed by atoms with Gasteiger partial charge in [0.15, 0.2) is 0 Å². The molecule has 0 radical (unpaired) electrons. The summed E-state index contributed by atoms with van der Waals surface area (Å²) in [5.74, 6) is 0.303. The summed E-state index contributed by atoms with van der Waals surface area (Å²) in [6.45, 7) is 8.89. The van der Waals surface area contributed by atoms with E-state index >= 15 is 0 Å². The molecular weight excluding hydrogens is 504 g/mol. The van der Waals surface area contributed by atoms with Crippen molar-refractivity contribution in [3.63, 3.8) is 0 Å². The first-order valence-corrected chi connectivity index (χ1v) is 14.0. The molecule has 7 heteroatoms. The highest BCUT2D eigenvalue weighted by atomic mass is 32.2. The molecule has 39 heavy (non-hydrogen) atoms. The maximum Gasteiger partial charge on any atom is 0.271 e. The summed E-state index contributed by atoms with van der Waals surface area (Å²) >= 11 is 1.61. The van der Waals surface area contributed by atoms with Crippen LogP contribution in [0.1, 0.15) is 54.9 Å². The molecule has 1 saturated heterocycles. The summed E-state index contributed by atoms with van der Waals surface area (Å²) in [6, 6.07) is 26.0. The third kappa shape index (κ3) is 5.83. The van der Waals surface area contributed by atoms with E-state index in [4.69, 9.17) is 0 Å². The third-order valence-electron chi connectivity index (χ3n) is 6.93. The lowest BCUT2D eigenvalue weighted by Crippen LogP contribution is -2.27. The highest BCUT2D eigenvalue weighted by Crippen LogP contribution is 2.39. The van der Waals surface area contributed by atoms with Crippen molar-refractivity contribution in [1.29, 1.82) is 0 Å². The summed E-state index contributed by atoms with van der Waals surface area (Å²) < 4.78 is 2.20. The van der Waals surface area contributed by atoms with Gasteiger partial charge in [-0.05, 0) is 80.3 Å². The van der Waals surface area contributed by atoms with Crippen molar-refractivity contribution >= 4 is 29.8 Å². The highest BCUT2D eigenvalue weighted by molar-refractivity contribution is 8.00. The Bertz CT molecular complexity index is 1520. The molecule has 0 unspecified atom stereocenters. The molecule has 2 amide bonds. The van der Waals surface area contributed by atoms with Crippen LogP contribution < -0.4 is 5.43 Å². The van der Waals surface area contributed by atoms with Crippen LogP contribution >= 0.6 is 11.8 Å². The Morgan fingerprint density at radius 1 is 0.974 bits per heavy atom. The number of amides is 2. The number of carbonyl (C=O) groups is 2. The Morgan fingerprint density at radius 3 is 2.36 bits per heavy atom. The largest absolute Gasteiger partial charge is 0.322 e. The van der Waals surface area contributed by atoms with Crippen LogP contribution in [-0.4, -0.2) is 33.2 Å². The molecule has 1 atom stereocenters. The maximum atomic E-state index is 12.8. The lowest BCUT2D eigenvalue weighted by Gasteiger charge is -2.24. The molecule has 1 aliphatic rings. The molecule has 4 aromatic rings. The molecule has 3 aromatic carbocycles. The van der Waals surface area contributed by atoms with Crippen molar-refractivity contribution in [2.24, 2.45) is 5.10 Å². The second-order valence-electron chi connectivity index (χ2n) is 10.00. The van der Waals surface area contributed by atoms with Gasteiger partial charge in [0, 0.05) is 34.7 Å². The van der Waals surface area contributed by atoms with Gasteiger partial charge >= 0.3 is 0 Å². The molecule has 6 nitrogen and oxygen atoms in total. The number of hydrogen-bond acceptors (Lipinski definition) is 4. The molecule has 2 heterocycles. The number of hydrogen-bond donors (Lipinski definition) is 1. The van der Waals surface area contributed by atoms with Crippen LogP contribution in [0.3, 0.4) is 0 Å². The van der Waals surface area contributed by atoms with Crippen LogP contribution in [0, 0.1) is 27.7 Å². The molecule has 1 aromatic heterocycles. The normalized spacial score (nSPS) is 15.3. The van der Waals surface area contributed by atoms with Crippen molar-refractivity contribution in [3.05, 3.63) is 124 Å². The summed E-state index contributed by atoms with van der Waals surface area (Å²) in [5.41, 5.74) is 11.9. The van der Waals surface area contributed by atoms with Crippen LogP contribution in [0.15, 0.2) is 84.0 Å². The Balaban J connectivity index is 1.25. The average molecular weight is 537 g/mol. The Hall–Kier alpha value is -4.10. The number of benzene rings is 3. The van der Waals surface area contributed by atoms with E-state index in [1.807, 2.05) is 47.4 Å². The van der Waals surface area contributed by atoms with Gasteiger partial charge in [0.1, 0.15) is 5.37 Å². The van der Waals surface area contributed by atoms with Crippen molar-refractivity contribution in [2.45, 2.75) is 39.6 Å². The molecule has 1 fully saturated rings. The van der Waals surface area contributed by atoms with Gasteiger partial charge in [-0.15, -0.1) is 11.8 Å². The zero-order chi connectivity index (χ0) is 27.5. The Labute approximate surface area is 233 Å². The highest BCUT2D eigenvalue weighted by Gasteiger charge is 2.32. The molecule has 1 aliphatic heterocycles. The van der Waals surface area contributed by atoms with E-state index < -0.39 is 0 Å². The third-order valence-corrected chi connectivity index (χ3v) is 8.18. The quantitative estimate of drug-likeness (QED) is 0.224. The lowest BCUT2D eigenvalue weighted by molar-refractivity contribution is -0.128. The van der Waals surface area contributed by atoms with Gasteiger partial charge in [-0.2, -0.15) is 5.10 Å². The van der Waals surface area contributed by atoms with E-state index in [-0.39, 0.29) is 17.2 Å². The van der Waals surface area contributed by atoms with Gasteiger partial charge in [0.2, 0.25) is 5.91 Å². The van der Waals surface area contributed by atoms with Crippen molar-refractivity contribution in [1.82, 2.24) is 14.9 Å². The van der Waals surface area contributed by atoms with E-state index in [0.717, 1.165) is 33.8 Å². The number of aryl methyl sites for hydroxylation is 3. The molecule has 1 N–H and O–H groups in total. The van der Waals surface area contributed by atoms with E-state index in [1.165, 1.54) is 11.1 Å². The first-order valence-electron chi connectivity index (χ1n) is 13.0. The SMILES string of the molecule is Cc1cc(C)cc(-n2c(C)cc(/C=N\NC(=O)c3ccc([C@@H]4SCC(=O)N4Cc4ccccc4)cc3)c2C)c1. The average Bonchev–Trinajstić information content (AvgIpc) is 3.41. The molecular formula is C32H32N4O2S. The molecule has 0 saturated carbocycles. The minimum Gasteiger partial charge on any atom is -0.322 e. The zero-order valence-corrected chi connectivity index (χ0v) is 23.5. The fraction of sp³-hybridized carbons (Fsp3) is 0.219. The first kappa shape index (κ1) is 26.5. The summed E-state index contributed by atoms with van der Waals surface area (Å²) in [4.78, 5) is 27.2. The van der Waals surface area contributed by atoms with Gasteiger partial charge in [-0.1, -0.05) is 48.5 Å². The first-order chi connectivity index (χ1) is 18.8. The van der Waals surface area contributed by atoms with Crippen molar-refractivity contribution < 1.29 is 9.59 Å². The topological polar surface area (TPSA) is 66.7 Å². The minimum absolute atomic E-state index is 0.0692. The standard InChI is InChI=1S/C32H32N4O2S/c1-21-14-22(2)16-29(15-21)36-23(3)17-28(24(36)4)18-33-34-31(38)26-10-12-27(13-11-26)32-35(30(37)20-39-32)19-25-8-6-5-7-9-25/h5-18,32H,19-20H2,1-4H3,(H,34,38)/b33-18-/t32-/m0/s1. The Kier molecular flexibility index (Phi) is 7.70. The second-order valence-corrected chi connectivity index (χ2v) is 11.1. The van der Waals surface area contributed by atoms with Gasteiger partial charge in [0.25, 0.3) is 5.91 Å². The molecule has 198 valence electrons. The zero-order valence-electron chi connectivity index (χ0n) is 22.6. The van der Waals surface area contributed by atoms with Gasteiger partial charge in [-0.25, -0.2) is 5.43 Å². The van der Waals surface area contributed by atoms with E-state index in [1.54, 1.807) is 30.1 Å². The van der Waals surface area contributed by atoms with Gasteiger partial charge < -0.3 is 9.47 Å². The number of aromatic nitrogens is 1. The predicted octanol–water partition coefficient (Wildman–Crippen LogP) is 6.25. The molecule has 0 aliphatic carbocycles. The second kappa shape index (κ2) is 11.3. The smallest absolute Gasteiger partial charge is 0.271 e. The maximum absolute atomic E-state index is 12.8. The van der Waals surface area contributed by atoms with Crippen LogP contribution in [0.5, 0.6) is 0 Å². The molecule has 5 rings (SSSR count). The Morgan fingerprint density at radius 2 is 1.67 bits per heavy atom. The molecule has 0 spiro atoms. The number of carbonyl (C=O) groups excluding carboxylic acids is 2. The van der Waals surface area contributed by atoms with Gasteiger partial charge in [0.05, 0.1) is 12.0 Å². The fourth-order valence-corrected chi connectivity index (χ4v) is 6.29. The van der Waals surface area contributed by atoms with E-state index in [0.29, 0.717) is 17.9 Å². The summed E-state index contributed by atoms with van der Waals surface area (Å²) in [6.07, 6.45) is 1.69. The summed E-state index contributed by atoms with van der Waals surface area (Å²) in [5, 5.41) is 4.17. The fourth-order valence-electron chi connectivity index (χ4n) is 5.10. The number of hydrazone groups is 1. The molecule has 0 bridgehead atoms. The number of nitrogens with one attached hydrogen (secondary N) is 1. The summed E-state index contributed by atoms with van der Waals surface area (Å²) in [7, 11) is 0. The minimum atomic E-state index is -0.280. The van der Waals surface area contributed by atoms with E-state index in [9.17, 15) is 9.59 Å². The van der Waals surface area contributed by atoms with Gasteiger partial charge in [-0.3, -0.25) is 9.59 Å². The van der Waals surface area contributed by atoms with Crippen molar-refractivity contribution in [3.8, 4) is 5.69 Å². The predicted molar refractivity (Wildman–Crippen MR) is 158 cm³/mol. The lowest BCUT2D eigenvalue weighted by atomic mass is 10.1. The van der Waals surface area contributed by atoms with E-state index in [2.05, 4.69) is 67.1 Å². The number of thioether (sulfide) groups is 1. The van der Waals surface area contributed by atoms with Crippen LogP contribution in [0.4, 0.5) is 0 Å².